The van der Waals surface area contributed by atoms with Crippen molar-refractivity contribution in [2.45, 2.75) is 19.5 Å². The first-order chi connectivity index (χ1) is 13.8. The topological polar surface area (TPSA) is 60.9 Å². The summed E-state index contributed by atoms with van der Waals surface area (Å²) in [4.78, 5) is 28.0. The van der Waals surface area contributed by atoms with Crippen LogP contribution in [0.5, 0.6) is 0 Å². The Hall–Kier alpha value is -2.70. The van der Waals surface area contributed by atoms with Gasteiger partial charge in [-0.1, -0.05) is 29.8 Å². The fourth-order valence-electron chi connectivity index (χ4n) is 3.47. The summed E-state index contributed by atoms with van der Waals surface area (Å²) in [6.07, 6.45) is 2.92. The Morgan fingerprint density at radius 2 is 1.93 bits per heavy atom. The van der Waals surface area contributed by atoms with Gasteiger partial charge in [-0.3, -0.25) is 9.69 Å². The maximum atomic E-state index is 13.0. The lowest BCUT2D eigenvalue weighted by atomic mass is 10.1. The van der Waals surface area contributed by atoms with Crippen molar-refractivity contribution in [2.24, 2.45) is 0 Å². The molecule has 1 aliphatic heterocycles. The van der Waals surface area contributed by atoms with E-state index in [0.717, 1.165) is 5.56 Å². The highest BCUT2D eigenvalue weighted by Crippen LogP contribution is 2.19. The van der Waals surface area contributed by atoms with Crippen LogP contribution in [0.3, 0.4) is 0 Å². The van der Waals surface area contributed by atoms with E-state index in [-0.39, 0.29) is 23.3 Å². The van der Waals surface area contributed by atoms with Crippen LogP contribution >= 0.6 is 11.6 Å². The maximum absolute atomic E-state index is 13.0. The van der Waals surface area contributed by atoms with Gasteiger partial charge in [-0.15, -0.1) is 0 Å². The average Bonchev–Trinajstić information content (AvgIpc) is 2.68. The highest BCUT2D eigenvalue weighted by Gasteiger charge is 2.26. The number of hydrogen-bond acceptors (Lipinski definition) is 3. The molecule has 0 bridgehead atoms. The molecule has 1 aliphatic rings. The first-order valence-electron chi connectivity index (χ1n) is 9.32. The zero-order chi connectivity index (χ0) is 21.0. The summed E-state index contributed by atoms with van der Waals surface area (Å²) >= 11 is 5.86. The number of carbonyl (C=O) groups is 2. The fraction of sp³-hybridized carbons (Fsp3) is 0.273. The Balaban J connectivity index is 1.62. The van der Waals surface area contributed by atoms with Gasteiger partial charge in [0.25, 0.3) is 0 Å². The Bertz CT molecular complexity index is 930. The molecule has 29 heavy (non-hydrogen) atoms. The van der Waals surface area contributed by atoms with Crippen LogP contribution in [0, 0.1) is 5.82 Å². The molecular weight excluding hydrogens is 395 g/mol. The predicted octanol–water partition coefficient (Wildman–Crippen LogP) is 3.92. The van der Waals surface area contributed by atoms with Crippen LogP contribution in [-0.2, 0) is 11.3 Å². The van der Waals surface area contributed by atoms with Gasteiger partial charge in [-0.25, -0.2) is 9.18 Å². The lowest BCUT2D eigenvalue weighted by Gasteiger charge is -2.39. The number of amides is 1. The van der Waals surface area contributed by atoms with Crippen molar-refractivity contribution in [1.29, 1.82) is 0 Å². The number of aromatic carboxylic acids is 1. The van der Waals surface area contributed by atoms with Gasteiger partial charge in [-0.05, 0) is 48.4 Å². The molecule has 152 valence electrons. The number of piperazine rings is 1. The molecular formula is C22H22ClFN2O3. The lowest BCUT2D eigenvalue weighted by Crippen LogP contribution is -2.53. The van der Waals surface area contributed by atoms with E-state index in [9.17, 15) is 19.1 Å². The second-order valence-corrected chi connectivity index (χ2v) is 7.55. The number of carboxylic acids is 1. The summed E-state index contributed by atoms with van der Waals surface area (Å²) in [5.41, 5.74) is 1.51. The van der Waals surface area contributed by atoms with E-state index in [0.29, 0.717) is 36.8 Å². The van der Waals surface area contributed by atoms with Gasteiger partial charge in [0.05, 0.1) is 5.56 Å². The standard InChI is InChI=1S/C22H22ClFN2O3/c1-15-13-25(14-16-2-7-19(24)8-3-16)10-11-26(15)21(27)9-5-17-4-6-18(23)12-20(17)22(28)29/h2-9,12,15H,10-11,13-14H2,1H3,(H,28,29)/b9-5+/t15-/m1/s1. The van der Waals surface area contributed by atoms with Crippen LogP contribution in [0.4, 0.5) is 4.39 Å². The molecule has 0 spiro atoms. The second-order valence-electron chi connectivity index (χ2n) is 7.11. The summed E-state index contributed by atoms with van der Waals surface area (Å²) in [5, 5.41) is 9.63. The molecule has 1 N–H and O–H groups in total. The Morgan fingerprint density at radius 1 is 1.21 bits per heavy atom. The monoisotopic (exact) mass is 416 g/mol. The predicted molar refractivity (Wildman–Crippen MR) is 110 cm³/mol. The third kappa shape index (κ3) is 5.43. The minimum Gasteiger partial charge on any atom is -0.478 e. The molecule has 1 atom stereocenters. The van der Waals surface area contributed by atoms with Gasteiger partial charge in [0.15, 0.2) is 0 Å². The van der Waals surface area contributed by atoms with Crippen LogP contribution < -0.4 is 0 Å². The Labute approximate surface area is 174 Å². The third-order valence-electron chi connectivity index (χ3n) is 4.97. The Morgan fingerprint density at radius 3 is 2.59 bits per heavy atom. The van der Waals surface area contributed by atoms with Crippen LogP contribution in [0.1, 0.15) is 28.4 Å². The second kappa shape index (κ2) is 9.20. The molecule has 3 rings (SSSR count). The minimum absolute atomic E-state index is 0.00510. The molecule has 2 aromatic rings. The minimum atomic E-state index is -1.10. The van der Waals surface area contributed by atoms with E-state index < -0.39 is 5.97 Å². The van der Waals surface area contributed by atoms with Crippen LogP contribution in [0.15, 0.2) is 48.5 Å². The van der Waals surface area contributed by atoms with E-state index in [2.05, 4.69) is 4.90 Å². The number of rotatable bonds is 5. The van der Waals surface area contributed by atoms with E-state index in [1.807, 2.05) is 6.92 Å². The largest absolute Gasteiger partial charge is 0.478 e. The number of halogens is 2. The smallest absolute Gasteiger partial charge is 0.336 e. The van der Waals surface area contributed by atoms with Crippen molar-refractivity contribution in [1.82, 2.24) is 9.80 Å². The Kier molecular flexibility index (Phi) is 6.67. The summed E-state index contributed by atoms with van der Waals surface area (Å²) in [6, 6.07) is 11.0. The first kappa shape index (κ1) is 21.0. The number of benzene rings is 2. The molecule has 1 amide bonds. The first-order valence-corrected chi connectivity index (χ1v) is 9.69. The summed E-state index contributed by atoms with van der Waals surface area (Å²) in [6.45, 7) is 4.67. The average molecular weight is 417 g/mol. The number of nitrogens with zero attached hydrogens (tertiary/aromatic N) is 2. The zero-order valence-electron chi connectivity index (χ0n) is 16.0. The molecule has 0 aromatic heterocycles. The van der Waals surface area contributed by atoms with Crippen molar-refractivity contribution in [3.8, 4) is 0 Å². The molecule has 0 radical (unpaired) electrons. The summed E-state index contributed by atoms with van der Waals surface area (Å²) < 4.78 is 13.0. The van der Waals surface area contributed by atoms with Crippen LogP contribution in [-0.4, -0.2) is 52.5 Å². The van der Waals surface area contributed by atoms with Crippen molar-refractivity contribution >= 4 is 29.6 Å². The van der Waals surface area contributed by atoms with Gasteiger partial charge in [-0.2, -0.15) is 0 Å². The van der Waals surface area contributed by atoms with Crippen LogP contribution in [0.2, 0.25) is 5.02 Å². The van der Waals surface area contributed by atoms with Gasteiger partial charge in [0, 0.05) is 43.3 Å². The van der Waals surface area contributed by atoms with Crippen molar-refractivity contribution in [3.05, 3.63) is 76.1 Å². The molecule has 1 saturated heterocycles. The number of carbonyl (C=O) groups excluding carboxylic acids is 1. The number of carboxylic acid groups (broad SMARTS) is 1. The van der Waals surface area contributed by atoms with E-state index in [4.69, 9.17) is 11.6 Å². The molecule has 5 nitrogen and oxygen atoms in total. The molecule has 7 heteroatoms. The van der Waals surface area contributed by atoms with E-state index in [1.165, 1.54) is 30.4 Å². The quantitative estimate of drug-likeness (QED) is 0.750. The van der Waals surface area contributed by atoms with Crippen LogP contribution in [0.25, 0.3) is 6.08 Å². The lowest BCUT2D eigenvalue weighted by molar-refractivity contribution is -0.130. The summed E-state index contributed by atoms with van der Waals surface area (Å²) in [5.74, 6) is -1.51. The van der Waals surface area contributed by atoms with Crippen molar-refractivity contribution in [2.75, 3.05) is 19.6 Å². The van der Waals surface area contributed by atoms with Gasteiger partial charge in [0.1, 0.15) is 5.82 Å². The highest BCUT2D eigenvalue weighted by atomic mass is 35.5. The molecule has 2 aromatic carbocycles. The van der Waals surface area contributed by atoms with Gasteiger partial charge >= 0.3 is 5.97 Å². The molecule has 0 unspecified atom stereocenters. The van der Waals surface area contributed by atoms with E-state index in [1.54, 1.807) is 29.2 Å². The van der Waals surface area contributed by atoms with E-state index >= 15 is 0 Å². The normalized spacial score (nSPS) is 17.6. The third-order valence-corrected chi connectivity index (χ3v) is 5.20. The number of hydrogen-bond donors (Lipinski definition) is 1. The highest BCUT2D eigenvalue weighted by molar-refractivity contribution is 6.31. The molecule has 0 saturated carbocycles. The zero-order valence-corrected chi connectivity index (χ0v) is 16.8. The fourth-order valence-corrected chi connectivity index (χ4v) is 3.64. The SMILES string of the molecule is C[C@@H]1CN(Cc2ccc(F)cc2)CCN1C(=O)/C=C/c1ccc(Cl)cc1C(=O)O. The van der Waals surface area contributed by atoms with Crippen molar-refractivity contribution in [3.63, 3.8) is 0 Å². The maximum Gasteiger partial charge on any atom is 0.336 e. The molecule has 0 aliphatic carbocycles. The van der Waals surface area contributed by atoms with Crippen molar-refractivity contribution < 1.29 is 19.1 Å². The molecule has 1 heterocycles. The van der Waals surface area contributed by atoms with Gasteiger partial charge < -0.3 is 10.0 Å². The van der Waals surface area contributed by atoms with Gasteiger partial charge in [0.2, 0.25) is 5.91 Å². The summed E-state index contributed by atoms with van der Waals surface area (Å²) in [7, 11) is 0. The molecule has 1 fully saturated rings.